The highest BCUT2D eigenvalue weighted by molar-refractivity contribution is 6.00. The van der Waals surface area contributed by atoms with E-state index in [1.165, 1.54) is 20.8 Å². The van der Waals surface area contributed by atoms with Crippen LogP contribution in [0.25, 0.3) is 0 Å². The second-order valence-electron chi connectivity index (χ2n) is 16.9. The average molecular weight is 944 g/mol. The molecule has 17 N–H and O–H groups in total. The van der Waals surface area contributed by atoms with Crippen LogP contribution in [-0.2, 0) is 57.5 Å². The summed E-state index contributed by atoms with van der Waals surface area (Å²) in [6.07, 6.45) is -3.92. The molecule has 0 fully saturated rings. The van der Waals surface area contributed by atoms with E-state index in [0.717, 1.165) is 0 Å². The zero-order valence-electron chi connectivity index (χ0n) is 38.7. The standard InChI is InChI=1S/C40H69N11O15/c1-10-18(6)30(50-39(64)31(21(9)52)51-33(58)22(41)13-27(42)53)38(63)49-24(12-17(4)5)35(60)48-26(15-29(55)56)37(62)47-25(14-28(43)54)36(61)46-23(11-16(2)3)34(59)44-19(7)32(57)45-20(8)40(65)66/h16-26,30-31,52H,10-15,41H2,1-9H3,(H2,42,53)(H2,43,54)(H,44,59)(H,45,57)(H,46,61)(H,47,62)(H,48,60)(H,49,63)(H,50,64)(H,51,58)(H,55,56)(H,65,66)/t18-,19-,20-,21+,22-,23-,24-,25-,26-,30-,31-/m0/s1. The highest BCUT2D eigenvalue weighted by Gasteiger charge is 2.37. The van der Waals surface area contributed by atoms with Gasteiger partial charge in [0.25, 0.3) is 0 Å². The SMILES string of the molecule is CC[C@H](C)[C@H](NC(=O)[C@@H](NC(=O)[C@@H](N)CC(N)=O)[C@@H](C)O)C(=O)N[C@@H](CC(C)C)C(=O)N[C@@H](CC(=O)O)C(=O)N[C@@H](CC(N)=O)C(=O)N[C@@H](CC(C)C)C(=O)N[C@@H](C)C(=O)N[C@@H](C)C(=O)O. The molecule has 0 aliphatic rings. The molecule has 0 aromatic carbocycles. The number of carbonyl (C=O) groups is 12. The number of primary amides is 2. The summed E-state index contributed by atoms with van der Waals surface area (Å²) in [5.41, 5.74) is 16.1. The normalized spacial score (nSPS) is 16.1. The molecule has 0 saturated carbocycles. The molecular formula is C40H69N11O15. The number of aliphatic carboxylic acids is 2. The highest BCUT2D eigenvalue weighted by atomic mass is 16.4. The summed E-state index contributed by atoms with van der Waals surface area (Å²) < 4.78 is 0. The molecule has 374 valence electrons. The molecule has 66 heavy (non-hydrogen) atoms. The smallest absolute Gasteiger partial charge is 0.325 e. The molecule has 0 radical (unpaired) electrons. The third-order valence-corrected chi connectivity index (χ3v) is 9.83. The minimum absolute atomic E-state index is 0.0400. The van der Waals surface area contributed by atoms with Crippen LogP contribution in [0.5, 0.6) is 0 Å². The van der Waals surface area contributed by atoms with Gasteiger partial charge in [0.1, 0.15) is 48.3 Å². The van der Waals surface area contributed by atoms with Gasteiger partial charge in [-0.05, 0) is 51.4 Å². The number of amides is 10. The number of hydrogen-bond donors (Lipinski definition) is 14. The number of carboxylic acids is 2. The van der Waals surface area contributed by atoms with Crippen molar-refractivity contribution in [2.45, 2.75) is 161 Å². The fraction of sp³-hybridized carbons (Fsp3) is 0.700. The van der Waals surface area contributed by atoms with E-state index >= 15 is 0 Å². The molecule has 0 aromatic rings. The van der Waals surface area contributed by atoms with Crippen molar-refractivity contribution in [3.8, 4) is 0 Å². The summed E-state index contributed by atoms with van der Waals surface area (Å²) in [5, 5.41) is 47.6. The summed E-state index contributed by atoms with van der Waals surface area (Å²) in [4.78, 5) is 153. The first-order chi connectivity index (χ1) is 30.4. The molecule has 10 amide bonds. The summed E-state index contributed by atoms with van der Waals surface area (Å²) in [6, 6.07) is -13.8. The predicted molar refractivity (Wildman–Crippen MR) is 232 cm³/mol. The lowest BCUT2D eigenvalue weighted by molar-refractivity contribution is -0.142. The van der Waals surface area contributed by atoms with E-state index in [9.17, 15) is 67.7 Å². The molecule has 0 aliphatic carbocycles. The number of aliphatic hydroxyl groups is 1. The fourth-order valence-electron chi connectivity index (χ4n) is 5.98. The van der Waals surface area contributed by atoms with Crippen molar-refractivity contribution in [1.82, 2.24) is 42.5 Å². The molecule has 0 unspecified atom stereocenters. The van der Waals surface area contributed by atoms with Crippen molar-refractivity contribution in [2.24, 2.45) is 35.0 Å². The summed E-state index contributed by atoms with van der Waals surface area (Å²) in [5.74, 6) is -14.4. The maximum atomic E-state index is 13.8. The lowest BCUT2D eigenvalue weighted by Crippen LogP contribution is -2.62. The second-order valence-corrected chi connectivity index (χ2v) is 16.9. The van der Waals surface area contributed by atoms with E-state index in [0.29, 0.717) is 0 Å². The first kappa shape index (κ1) is 59.6. The largest absolute Gasteiger partial charge is 0.481 e. The number of nitrogens with two attached hydrogens (primary N) is 3. The third kappa shape index (κ3) is 22.0. The minimum Gasteiger partial charge on any atom is -0.481 e. The molecule has 0 rings (SSSR count). The van der Waals surface area contributed by atoms with E-state index in [-0.39, 0.29) is 31.1 Å². The zero-order chi connectivity index (χ0) is 51.3. The maximum absolute atomic E-state index is 13.8. The van der Waals surface area contributed by atoms with Crippen molar-refractivity contribution in [3.63, 3.8) is 0 Å². The average Bonchev–Trinajstić information content (AvgIpc) is 3.18. The Morgan fingerprint density at radius 1 is 0.455 bits per heavy atom. The molecule has 0 spiro atoms. The van der Waals surface area contributed by atoms with Crippen LogP contribution in [0, 0.1) is 17.8 Å². The number of carbonyl (C=O) groups excluding carboxylic acids is 10. The summed E-state index contributed by atoms with van der Waals surface area (Å²) in [6.45, 7) is 13.6. The molecule has 0 bridgehead atoms. The third-order valence-electron chi connectivity index (χ3n) is 9.83. The van der Waals surface area contributed by atoms with Crippen LogP contribution in [0.15, 0.2) is 0 Å². The van der Waals surface area contributed by atoms with Gasteiger partial charge in [-0.1, -0.05) is 48.0 Å². The van der Waals surface area contributed by atoms with Gasteiger partial charge in [-0.2, -0.15) is 0 Å². The molecule has 0 aromatic heterocycles. The van der Waals surface area contributed by atoms with Crippen molar-refractivity contribution >= 4 is 71.0 Å². The number of nitrogens with one attached hydrogen (secondary N) is 8. The van der Waals surface area contributed by atoms with E-state index in [1.54, 1.807) is 41.5 Å². The Morgan fingerprint density at radius 3 is 1.24 bits per heavy atom. The van der Waals surface area contributed by atoms with E-state index < -0.39 is 157 Å². The Bertz CT molecular complexity index is 1780. The Hall–Kier alpha value is -6.44. The summed E-state index contributed by atoms with van der Waals surface area (Å²) in [7, 11) is 0. The van der Waals surface area contributed by atoms with Crippen LogP contribution in [0.1, 0.15) is 101 Å². The number of carboxylic acid groups (broad SMARTS) is 2. The zero-order valence-corrected chi connectivity index (χ0v) is 38.7. The van der Waals surface area contributed by atoms with Crippen molar-refractivity contribution in [3.05, 3.63) is 0 Å². The number of rotatable bonds is 30. The molecule has 26 nitrogen and oxygen atoms in total. The highest BCUT2D eigenvalue weighted by Crippen LogP contribution is 2.13. The van der Waals surface area contributed by atoms with Crippen molar-refractivity contribution in [1.29, 1.82) is 0 Å². The second kappa shape index (κ2) is 28.5. The first-order valence-corrected chi connectivity index (χ1v) is 21.3. The summed E-state index contributed by atoms with van der Waals surface area (Å²) >= 11 is 0. The van der Waals surface area contributed by atoms with E-state index in [4.69, 9.17) is 22.3 Å². The van der Waals surface area contributed by atoms with Crippen molar-refractivity contribution < 1.29 is 72.9 Å². The van der Waals surface area contributed by atoms with Gasteiger partial charge in [0, 0.05) is 0 Å². The van der Waals surface area contributed by atoms with Crippen LogP contribution in [-0.4, -0.2) is 147 Å². The fourth-order valence-corrected chi connectivity index (χ4v) is 5.98. The Labute approximate surface area is 382 Å². The van der Waals surface area contributed by atoms with Crippen LogP contribution in [0.4, 0.5) is 0 Å². The van der Waals surface area contributed by atoms with Crippen LogP contribution < -0.4 is 59.7 Å². The minimum atomic E-state index is -1.95. The van der Waals surface area contributed by atoms with Gasteiger partial charge in [0.05, 0.1) is 31.4 Å². The van der Waals surface area contributed by atoms with Crippen LogP contribution in [0.2, 0.25) is 0 Å². The quantitative estimate of drug-likeness (QED) is 0.0321. The van der Waals surface area contributed by atoms with Gasteiger partial charge in [0.15, 0.2) is 0 Å². The molecule has 0 heterocycles. The predicted octanol–water partition coefficient (Wildman–Crippen LogP) is -4.94. The number of hydrogen-bond acceptors (Lipinski definition) is 14. The van der Waals surface area contributed by atoms with Gasteiger partial charge in [-0.15, -0.1) is 0 Å². The maximum Gasteiger partial charge on any atom is 0.325 e. The van der Waals surface area contributed by atoms with Gasteiger partial charge in [0.2, 0.25) is 59.1 Å². The molecule has 0 saturated heterocycles. The topological polar surface area (TPSA) is 440 Å². The molecule has 0 aliphatic heterocycles. The van der Waals surface area contributed by atoms with Gasteiger partial charge in [-0.25, -0.2) is 0 Å². The van der Waals surface area contributed by atoms with E-state index in [1.807, 2.05) is 0 Å². The monoisotopic (exact) mass is 943 g/mol. The first-order valence-electron chi connectivity index (χ1n) is 21.3. The molecular weight excluding hydrogens is 875 g/mol. The van der Waals surface area contributed by atoms with Crippen LogP contribution >= 0.6 is 0 Å². The van der Waals surface area contributed by atoms with Gasteiger partial charge < -0.3 is 75.1 Å². The number of aliphatic hydroxyl groups excluding tert-OH is 1. The van der Waals surface area contributed by atoms with Gasteiger partial charge in [-0.3, -0.25) is 57.5 Å². The molecule has 26 heteroatoms. The van der Waals surface area contributed by atoms with Gasteiger partial charge >= 0.3 is 11.9 Å². The van der Waals surface area contributed by atoms with Crippen LogP contribution in [0.3, 0.4) is 0 Å². The van der Waals surface area contributed by atoms with Crippen molar-refractivity contribution in [2.75, 3.05) is 0 Å². The molecule has 11 atom stereocenters. The Morgan fingerprint density at radius 2 is 0.833 bits per heavy atom. The van der Waals surface area contributed by atoms with E-state index in [2.05, 4.69) is 42.5 Å². The Balaban J connectivity index is 6.51. The lowest BCUT2D eigenvalue weighted by Gasteiger charge is -2.30. The Kier molecular flexibility index (Phi) is 25.7. The lowest BCUT2D eigenvalue weighted by atomic mass is 9.96.